The van der Waals surface area contributed by atoms with Crippen molar-refractivity contribution in [1.29, 1.82) is 0 Å². The second kappa shape index (κ2) is 7.11. The van der Waals surface area contributed by atoms with Crippen molar-refractivity contribution in [2.75, 3.05) is 25.5 Å². The lowest BCUT2D eigenvalue weighted by Crippen LogP contribution is -2.29. The molecule has 1 heterocycles. The van der Waals surface area contributed by atoms with Gasteiger partial charge >= 0.3 is 0 Å². The van der Waals surface area contributed by atoms with Crippen LogP contribution in [0.1, 0.15) is 26.2 Å². The molecule has 1 N–H and O–H groups in total. The predicted molar refractivity (Wildman–Crippen MR) is 81.2 cm³/mol. The minimum Gasteiger partial charge on any atom is -0.497 e. The number of nitrogens with zero attached hydrogens (tertiary/aromatic N) is 1. The highest BCUT2D eigenvalue weighted by molar-refractivity contribution is 5.97. The SMILES string of the molecule is CCCCN1CC(C(=O)Nc2ccc(OC)cc2)CC1=O. The molecule has 2 amide bonds. The molecule has 1 atom stereocenters. The van der Waals surface area contributed by atoms with Gasteiger partial charge in [0.1, 0.15) is 5.75 Å². The van der Waals surface area contributed by atoms with Crippen LogP contribution < -0.4 is 10.1 Å². The third-order valence-corrected chi connectivity index (χ3v) is 3.72. The summed E-state index contributed by atoms with van der Waals surface area (Å²) in [6.45, 7) is 3.37. The van der Waals surface area contributed by atoms with Crippen LogP contribution in [0.3, 0.4) is 0 Å². The Balaban J connectivity index is 1.90. The molecule has 1 saturated heterocycles. The number of rotatable bonds is 6. The van der Waals surface area contributed by atoms with Gasteiger partial charge in [0.25, 0.3) is 0 Å². The maximum Gasteiger partial charge on any atom is 0.229 e. The van der Waals surface area contributed by atoms with Crippen LogP contribution in [0.5, 0.6) is 5.75 Å². The minimum absolute atomic E-state index is 0.0818. The zero-order valence-electron chi connectivity index (χ0n) is 12.6. The first kappa shape index (κ1) is 15.4. The number of nitrogens with one attached hydrogen (secondary N) is 1. The highest BCUT2D eigenvalue weighted by Crippen LogP contribution is 2.21. The van der Waals surface area contributed by atoms with Crippen molar-refractivity contribution in [3.8, 4) is 5.75 Å². The Morgan fingerprint density at radius 2 is 2.10 bits per heavy atom. The van der Waals surface area contributed by atoms with E-state index in [0.717, 1.165) is 30.8 Å². The average Bonchev–Trinajstić information content (AvgIpc) is 2.87. The Labute approximate surface area is 125 Å². The van der Waals surface area contributed by atoms with E-state index in [1.165, 1.54) is 0 Å². The van der Waals surface area contributed by atoms with Gasteiger partial charge in [0.05, 0.1) is 13.0 Å². The molecule has 5 heteroatoms. The first-order valence-corrected chi connectivity index (χ1v) is 7.36. The Morgan fingerprint density at radius 3 is 2.71 bits per heavy atom. The first-order chi connectivity index (χ1) is 10.1. The van der Waals surface area contributed by atoms with Crippen molar-refractivity contribution in [2.24, 2.45) is 5.92 Å². The zero-order valence-corrected chi connectivity index (χ0v) is 12.6. The molecule has 1 aliphatic heterocycles. The van der Waals surface area contributed by atoms with E-state index in [2.05, 4.69) is 12.2 Å². The second-order valence-corrected chi connectivity index (χ2v) is 5.31. The summed E-state index contributed by atoms with van der Waals surface area (Å²) < 4.78 is 5.08. The van der Waals surface area contributed by atoms with Gasteiger partial charge in [-0.05, 0) is 30.7 Å². The van der Waals surface area contributed by atoms with Crippen molar-refractivity contribution >= 4 is 17.5 Å². The predicted octanol–water partition coefficient (Wildman–Crippen LogP) is 2.28. The summed E-state index contributed by atoms with van der Waals surface area (Å²) in [5.41, 5.74) is 0.722. The van der Waals surface area contributed by atoms with Gasteiger partial charge in [-0.15, -0.1) is 0 Å². The number of carbonyl (C=O) groups excluding carboxylic acids is 2. The van der Waals surface area contributed by atoms with Gasteiger partial charge in [-0.2, -0.15) is 0 Å². The normalized spacial score (nSPS) is 17.9. The Hall–Kier alpha value is -2.04. The third kappa shape index (κ3) is 3.97. The van der Waals surface area contributed by atoms with Crippen molar-refractivity contribution in [3.05, 3.63) is 24.3 Å². The molecule has 0 saturated carbocycles. The Morgan fingerprint density at radius 1 is 1.38 bits per heavy atom. The van der Waals surface area contributed by atoms with Crippen LogP contribution in [0.4, 0.5) is 5.69 Å². The highest BCUT2D eigenvalue weighted by Gasteiger charge is 2.33. The molecule has 1 unspecified atom stereocenters. The highest BCUT2D eigenvalue weighted by atomic mass is 16.5. The maximum atomic E-state index is 12.2. The standard InChI is InChI=1S/C16H22N2O3/c1-3-4-9-18-11-12(10-15(18)19)16(20)17-13-5-7-14(21-2)8-6-13/h5-8,12H,3-4,9-11H2,1-2H3,(H,17,20). The smallest absolute Gasteiger partial charge is 0.229 e. The largest absolute Gasteiger partial charge is 0.497 e. The summed E-state index contributed by atoms with van der Waals surface area (Å²) in [5, 5.41) is 2.86. The number of benzene rings is 1. The summed E-state index contributed by atoms with van der Waals surface area (Å²) >= 11 is 0. The Kier molecular flexibility index (Phi) is 5.20. The number of unbranched alkanes of at least 4 members (excludes halogenated alkanes) is 1. The number of anilines is 1. The molecule has 0 bridgehead atoms. The van der Waals surface area contributed by atoms with Crippen LogP contribution in [0.2, 0.25) is 0 Å². The molecule has 1 aromatic carbocycles. The fourth-order valence-electron chi connectivity index (χ4n) is 2.43. The van der Waals surface area contributed by atoms with E-state index >= 15 is 0 Å². The molecule has 1 fully saturated rings. The van der Waals surface area contributed by atoms with Crippen molar-refractivity contribution < 1.29 is 14.3 Å². The molecule has 114 valence electrons. The molecular weight excluding hydrogens is 268 g/mol. The van der Waals surface area contributed by atoms with E-state index in [1.807, 2.05) is 0 Å². The molecular formula is C16H22N2O3. The number of amides is 2. The van der Waals surface area contributed by atoms with Crippen LogP contribution in [0.15, 0.2) is 24.3 Å². The van der Waals surface area contributed by atoms with Gasteiger partial charge < -0.3 is 15.0 Å². The molecule has 1 aliphatic rings. The summed E-state index contributed by atoms with van der Waals surface area (Å²) in [7, 11) is 1.60. The maximum absolute atomic E-state index is 12.2. The van der Waals surface area contributed by atoms with Gasteiger partial charge in [-0.3, -0.25) is 9.59 Å². The lowest BCUT2D eigenvalue weighted by Gasteiger charge is -2.16. The molecule has 1 aromatic rings. The van der Waals surface area contributed by atoms with E-state index in [0.29, 0.717) is 13.0 Å². The summed E-state index contributed by atoms with van der Waals surface area (Å²) in [6, 6.07) is 7.18. The first-order valence-electron chi connectivity index (χ1n) is 7.36. The van der Waals surface area contributed by atoms with Crippen LogP contribution >= 0.6 is 0 Å². The average molecular weight is 290 g/mol. The van der Waals surface area contributed by atoms with Crippen LogP contribution in [-0.2, 0) is 9.59 Å². The molecule has 0 radical (unpaired) electrons. The molecule has 0 spiro atoms. The van der Waals surface area contributed by atoms with Crippen LogP contribution in [0, 0.1) is 5.92 Å². The summed E-state index contributed by atoms with van der Waals surface area (Å²) in [6.07, 6.45) is 2.34. The van der Waals surface area contributed by atoms with Gasteiger partial charge in [0.15, 0.2) is 0 Å². The third-order valence-electron chi connectivity index (χ3n) is 3.72. The Bertz CT molecular complexity index is 499. The van der Waals surface area contributed by atoms with E-state index < -0.39 is 0 Å². The fourth-order valence-corrected chi connectivity index (χ4v) is 2.43. The van der Waals surface area contributed by atoms with Crippen molar-refractivity contribution in [2.45, 2.75) is 26.2 Å². The van der Waals surface area contributed by atoms with Crippen molar-refractivity contribution in [1.82, 2.24) is 4.90 Å². The van der Waals surface area contributed by atoms with Crippen molar-refractivity contribution in [3.63, 3.8) is 0 Å². The second-order valence-electron chi connectivity index (χ2n) is 5.31. The number of hydrogen-bond donors (Lipinski definition) is 1. The number of carbonyl (C=O) groups is 2. The van der Waals surface area contributed by atoms with Crippen LogP contribution in [-0.4, -0.2) is 36.9 Å². The molecule has 21 heavy (non-hydrogen) atoms. The van der Waals surface area contributed by atoms with E-state index in [-0.39, 0.29) is 17.7 Å². The van der Waals surface area contributed by atoms with Gasteiger partial charge in [-0.1, -0.05) is 13.3 Å². The summed E-state index contributed by atoms with van der Waals surface area (Å²) in [5.74, 6) is 0.483. The quantitative estimate of drug-likeness (QED) is 0.874. The molecule has 2 rings (SSSR count). The number of hydrogen-bond acceptors (Lipinski definition) is 3. The topological polar surface area (TPSA) is 58.6 Å². The van der Waals surface area contributed by atoms with E-state index in [9.17, 15) is 9.59 Å². The van der Waals surface area contributed by atoms with E-state index in [1.54, 1.807) is 36.3 Å². The lowest BCUT2D eigenvalue weighted by atomic mass is 10.1. The molecule has 0 aromatic heterocycles. The monoisotopic (exact) mass is 290 g/mol. The molecule has 5 nitrogen and oxygen atoms in total. The lowest BCUT2D eigenvalue weighted by molar-refractivity contribution is -0.128. The zero-order chi connectivity index (χ0) is 15.2. The number of ether oxygens (including phenoxy) is 1. The number of methoxy groups -OCH3 is 1. The molecule has 0 aliphatic carbocycles. The summed E-state index contributed by atoms with van der Waals surface area (Å²) in [4.78, 5) is 25.9. The van der Waals surface area contributed by atoms with Gasteiger partial charge in [0.2, 0.25) is 11.8 Å². The van der Waals surface area contributed by atoms with Gasteiger partial charge in [-0.25, -0.2) is 0 Å². The number of likely N-dealkylation sites (tertiary alicyclic amines) is 1. The fraction of sp³-hybridized carbons (Fsp3) is 0.500. The minimum atomic E-state index is -0.253. The van der Waals surface area contributed by atoms with Crippen LogP contribution in [0.25, 0.3) is 0 Å². The van der Waals surface area contributed by atoms with Gasteiger partial charge in [0, 0.05) is 25.2 Å². The van der Waals surface area contributed by atoms with E-state index in [4.69, 9.17) is 4.74 Å².